The molecule has 2 N–H and O–H groups in total. The lowest BCUT2D eigenvalue weighted by Gasteiger charge is -2.22. The first-order chi connectivity index (χ1) is 9.32. The van der Waals surface area contributed by atoms with Crippen molar-refractivity contribution in [1.29, 1.82) is 0 Å². The van der Waals surface area contributed by atoms with Crippen molar-refractivity contribution in [2.75, 3.05) is 13.6 Å². The quantitative estimate of drug-likeness (QED) is 0.873. The second kappa shape index (κ2) is 7.19. The SMILES string of the molecule is CC(O)CCN(C)C(=O)NC(C)c1cccc(F)c1F. The summed E-state index contributed by atoms with van der Waals surface area (Å²) in [7, 11) is 1.58. The first-order valence-electron chi connectivity index (χ1n) is 6.46. The maximum Gasteiger partial charge on any atom is 0.317 e. The van der Waals surface area contributed by atoms with E-state index in [-0.39, 0.29) is 5.56 Å². The fourth-order valence-electron chi connectivity index (χ4n) is 1.71. The van der Waals surface area contributed by atoms with Crippen LogP contribution in [0.25, 0.3) is 0 Å². The molecule has 1 rings (SSSR count). The lowest BCUT2D eigenvalue weighted by atomic mass is 10.1. The van der Waals surface area contributed by atoms with E-state index in [2.05, 4.69) is 5.32 Å². The Labute approximate surface area is 117 Å². The monoisotopic (exact) mass is 286 g/mol. The Morgan fingerprint density at radius 2 is 2.05 bits per heavy atom. The number of benzene rings is 1. The van der Waals surface area contributed by atoms with Crippen LogP contribution in [0.5, 0.6) is 0 Å². The lowest BCUT2D eigenvalue weighted by Crippen LogP contribution is -2.39. The van der Waals surface area contributed by atoms with E-state index >= 15 is 0 Å². The predicted octanol–water partition coefficient (Wildman–Crippen LogP) is 2.44. The molecule has 0 aliphatic rings. The molecule has 0 heterocycles. The Bertz CT molecular complexity index is 466. The van der Waals surface area contributed by atoms with Crippen molar-refractivity contribution >= 4 is 6.03 Å². The minimum atomic E-state index is -0.952. The molecule has 0 aromatic heterocycles. The van der Waals surface area contributed by atoms with E-state index in [4.69, 9.17) is 5.11 Å². The van der Waals surface area contributed by atoms with Crippen LogP contribution >= 0.6 is 0 Å². The summed E-state index contributed by atoms with van der Waals surface area (Å²) in [5.41, 5.74) is 0.0993. The Morgan fingerprint density at radius 1 is 1.40 bits per heavy atom. The van der Waals surface area contributed by atoms with E-state index in [1.807, 2.05) is 0 Å². The summed E-state index contributed by atoms with van der Waals surface area (Å²) in [6.07, 6.45) is -0.0459. The largest absolute Gasteiger partial charge is 0.393 e. The summed E-state index contributed by atoms with van der Waals surface area (Å²) >= 11 is 0. The fraction of sp³-hybridized carbons (Fsp3) is 0.500. The molecule has 0 saturated carbocycles. The van der Waals surface area contributed by atoms with Gasteiger partial charge in [0.1, 0.15) is 0 Å². The number of rotatable bonds is 5. The van der Waals surface area contributed by atoms with Gasteiger partial charge in [0.2, 0.25) is 0 Å². The van der Waals surface area contributed by atoms with Crippen molar-refractivity contribution in [3.8, 4) is 0 Å². The topological polar surface area (TPSA) is 52.6 Å². The highest BCUT2D eigenvalue weighted by molar-refractivity contribution is 5.74. The zero-order chi connectivity index (χ0) is 15.3. The van der Waals surface area contributed by atoms with Gasteiger partial charge in [0, 0.05) is 19.2 Å². The highest BCUT2D eigenvalue weighted by Gasteiger charge is 2.18. The molecular weight excluding hydrogens is 266 g/mol. The Morgan fingerprint density at radius 3 is 2.65 bits per heavy atom. The van der Waals surface area contributed by atoms with Crippen molar-refractivity contribution in [3.63, 3.8) is 0 Å². The van der Waals surface area contributed by atoms with E-state index in [1.165, 1.54) is 17.0 Å². The molecule has 0 aliphatic heterocycles. The van der Waals surface area contributed by atoms with E-state index < -0.39 is 29.8 Å². The van der Waals surface area contributed by atoms with Crippen LogP contribution in [0.15, 0.2) is 18.2 Å². The Hall–Kier alpha value is -1.69. The molecule has 20 heavy (non-hydrogen) atoms. The number of amides is 2. The predicted molar refractivity (Wildman–Crippen MR) is 72.2 cm³/mol. The van der Waals surface area contributed by atoms with Crippen molar-refractivity contribution < 1.29 is 18.7 Å². The molecule has 0 fully saturated rings. The molecule has 0 spiro atoms. The van der Waals surface area contributed by atoms with Crippen LogP contribution in [-0.2, 0) is 0 Å². The number of aliphatic hydroxyl groups excluding tert-OH is 1. The van der Waals surface area contributed by atoms with Crippen LogP contribution in [0, 0.1) is 11.6 Å². The third kappa shape index (κ3) is 4.45. The number of halogens is 2. The van der Waals surface area contributed by atoms with Gasteiger partial charge < -0.3 is 15.3 Å². The van der Waals surface area contributed by atoms with Gasteiger partial charge in [-0.05, 0) is 26.3 Å². The van der Waals surface area contributed by atoms with Crippen LogP contribution < -0.4 is 5.32 Å². The molecule has 2 atom stereocenters. The Balaban J connectivity index is 2.63. The number of carbonyl (C=O) groups is 1. The molecule has 1 aromatic carbocycles. The van der Waals surface area contributed by atoms with Crippen LogP contribution in [0.1, 0.15) is 31.9 Å². The zero-order valence-electron chi connectivity index (χ0n) is 11.9. The highest BCUT2D eigenvalue weighted by atomic mass is 19.2. The normalized spacial score (nSPS) is 13.7. The van der Waals surface area contributed by atoms with Gasteiger partial charge in [-0.2, -0.15) is 0 Å². The number of urea groups is 1. The van der Waals surface area contributed by atoms with E-state index in [0.717, 1.165) is 6.07 Å². The summed E-state index contributed by atoms with van der Waals surface area (Å²) in [5, 5.41) is 11.7. The van der Waals surface area contributed by atoms with Gasteiger partial charge in [0.05, 0.1) is 12.1 Å². The molecule has 6 heteroatoms. The number of hydrogen-bond acceptors (Lipinski definition) is 2. The molecule has 0 radical (unpaired) electrons. The maximum absolute atomic E-state index is 13.6. The number of hydrogen-bond donors (Lipinski definition) is 2. The molecule has 1 aromatic rings. The third-order valence-corrected chi connectivity index (χ3v) is 3.02. The van der Waals surface area contributed by atoms with Gasteiger partial charge in [-0.25, -0.2) is 13.6 Å². The minimum absolute atomic E-state index is 0.0993. The fourth-order valence-corrected chi connectivity index (χ4v) is 1.71. The molecule has 0 saturated heterocycles. The molecule has 4 nitrogen and oxygen atoms in total. The summed E-state index contributed by atoms with van der Waals surface area (Å²) in [6, 6.07) is 2.81. The second-order valence-corrected chi connectivity index (χ2v) is 4.87. The van der Waals surface area contributed by atoms with Crippen molar-refractivity contribution in [2.24, 2.45) is 0 Å². The average Bonchev–Trinajstić information content (AvgIpc) is 2.38. The van der Waals surface area contributed by atoms with Gasteiger partial charge in [-0.3, -0.25) is 0 Å². The number of nitrogens with one attached hydrogen (secondary N) is 1. The molecule has 0 bridgehead atoms. The van der Waals surface area contributed by atoms with Crippen LogP contribution in [0.4, 0.5) is 13.6 Å². The third-order valence-electron chi connectivity index (χ3n) is 3.02. The summed E-state index contributed by atoms with van der Waals surface area (Å²) in [5.74, 6) is -1.89. The van der Waals surface area contributed by atoms with Gasteiger partial charge in [0.25, 0.3) is 0 Å². The van der Waals surface area contributed by atoms with Crippen molar-refractivity contribution in [1.82, 2.24) is 10.2 Å². The average molecular weight is 286 g/mol. The molecule has 2 unspecified atom stereocenters. The van der Waals surface area contributed by atoms with Crippen LogP contribution in [-0.4, -0.2) is 35.7 Å². The highest BCUT2D eigenvalue weighted by Crippen LogP contribution is 2.19. The van der Waals surface area contributed by atoms with Gasteiger partial charge >= 0.3 is 6.03 Å². The zero-order valence-corrected chi connectivity index (χ0v) is 11.9. The smallest absolute Gasteiger partial charge is 0.317 e. The van der Waals surface area contributed by atoms with E-state index in [9.17, 15) is 13.6 Å². The molecule has 2 amide bonds. The lowest BCUT2D eigenvalue weighted by molar-refractivity contribution is 0.162. The van der Waals surface area contributed by atoms with Crippen molar-refractivity contribution in [3.05, 3.63) is 35.4 Å². The van der Waals surface area contributed by atoms with Crippen molar-refractivity contribution in [2.45, 2.75) is 32.4 Å². The molecule has 0 aliphatic carbocycles. The maximum atomic E-state index is 13.6. The molecular formula is C14H20F2N2O2. The van der Waals surface area contributed by atoms with Crippen LogP contribution in [0.2, 0.25) is 0 Å². The van der Waals surface area contributed by atoms with Crippen LogP contribution in [0.3, 0.4) is 0 Å². The van der Waals surface area contributed by atoms with Gasteiger partial charge in [-0.1, -0.05) is 12.1 Å². The van der Waals surface area contributed by atoms with E-state index in [0.29, 0.717) is 13.0 Å². The summed E-state index contributed by atoms with van der Waals surface area (Å²) in [4.78, 5) is 13.2. The standard InChI is InChI=1S/C14H20F2N2O2/c1-9(19)7-8-18(3)14(20)17-10(2)11-5-4-6-12(15)13(11)16/h4-6,9-10,19H,7-8H2,1-3H3,(H,17,20). The Kier molecular flexibility index (Phi) is 5.88. The van der Waals surface area contributed by atoms with E-state index in [1.54, 1.807) is 20.9 Å². The number of carbonyl (C=O) groups excluding carboxylic acids is 1. The first kappa shape index (κ1) is 16.4. The second-order valence-electron chi connectivity index (χ2n) is 4.87. The number of nitrogens with zero attached hydrogens (tertiary/aromatic N) is 1. The van der Waals surface area contributed by atoms with Gasteiger partial charge in [-0.15, -0.1) is 0 Å². The minimum Gasteiger partial charge on any atom is -0.393 e. The molecule has 112 valence electrons. The summed E-state index contributed by atoms with van der Waals surface area (Å²) < 4.78 is 26.7. The summed E-state index contributed by atoms with van der Waals surface area (Å²) in [6.45, 7) is 3.59. The number of aliphatic hydroxyl groups is 1. The van der Waals surface area contributed by atoms with Gasteiger partial charge in [0.15, 0.2) is 11.6 Å². The first-order valence-corrected chi connectivity index (χ1v) is 6.46.